The van der Waals surface area contributed by atoms with Crippen molar-refractivity contribution in [1.29, 1.82) is 0 Å². The van der Waals surface area contributed by atoms with Gasteiger partial charge >= 0.3 is 0 Å². The van der Waals surface area contributed by atoms with Crippen LogP contribution in [0.25, 0.3) is 0 Å². The van der Waals surface area contributed by atoms with Crippen LogP contribution in [-0.2, 0) is 26.6 Å². The van der Waals surface area contributed by atoms with E-state index in [0.29, 0.717) is 5.56 Å². The molecule has 6 heteroatoms. The molecule has 0 saturated carbocycles. The molecule has 4 nitrogen and oxygen atoms in total. The lowest BCUT2D eigenvalue weighted by Gasteiger charge is -2.19. The molecule has 0 atom stereocenters. The summed E-state index contributed by atoms with van der Waals surface area (Å²) in [5, 5.41) is 2.55. The molecule has 1 amide bonds. The van der Waals surface area contributed by atoms with E-state index in [1.807, 2.05) is 0 Å². The number of carbonyl (C=O) groups is 1. The Labute approximate surface area is 154 Å². The van der Waals surface area contributed by atoms with Gasteiger partial charge in [-0.25, -0.2) is 12.8 Å². The van der Waals surface area contributed by atoms with Gasteiger partial charge in [-0.05, 0) is 29.2 Å². The largest absolute Gasteiger partial charge is 0.352 e. The van der Waals surface area contributed by atoms with Gasteiger partial charge in [0.15, 0.2) is 9.84 Å². The highest BCUT2D eigenvalue weighted by Crippen LogP contribution is 2.23. The fourth-order valence-corrected chi connectivity index (χ4v) is 3.67. The normalized spacial score (nSPS) is 12.0. The maximum absolute atomic E-state index is 13.5. The Morgan fingerprint density at radius 2 is 1.65 bits per heavy atom. The molecule has 0 fully saturated rings. The molecule has 0 radical (unpaired) electrons. The van der Waals surface area contributed by atoms with Crippen molar-refractivity contribution in [3.05, 3.63) is 65.5 Å². The zero-order valence-corrected chi connectivity index (χ0v) is 16.1. The van der Waals surface area contributed by atoms with Crippen LogP contribution in [0.5, 0.6) is 0 Å². The monoisotopic (exact) mass is 377 g/mol. The molecular weight excluding hydrogens is 353 g/mol. The van der Waals surface area contributed by atoms with Crippen LogP contribution in [-0.4, -0.2) is 20.1 Å². The topological polar surface area (TPSA) is 63.2 Å². The molecule has 2 aromatic carbocycles. The van der Waals surface area contributed by atoms with E-state index < -0.39 is 21.6 Å². The van der Waals surface area contributed by atoms with Gasteiger partial charge < -0.3 is 5.32 Å². The zero-order chi connectivity index (χ0) is 19.4. The Balaban J connectivity index is 1.93. The fraction of sp³-hybridized carbons (Fsp3) is 0.350. The molecule has 0 unspecified atom stereocenters. The maximum atomic E-state index is 13.5. The molecule has 1 N–H and O–H groups in total. The average Bonchev–Trinajstić information content (AvgIpc) is 2.59. The van der Waals surface area contributed by atoms with Crippen molar-refractivity contribution in [1.82, 2.24) is 5.32 Å². The Hall–Kier alpha value is -2.21. The number of carbonyl (C=O) groups excluding carboxylic acids is 1. The zero-order valence-electron chi connectivity index (χ0n) is 15.3. The molecule has 140 valence electrons. The van der Waals surface area contributed by atoms with Crippen LogP contribution in [0.15, 0.2) is 53.4 Å². The maximum Gasteiger partial charge on any atom is 0.221 e. The summed E-state index contributed by atoms with van der Waals surface area (Å²) in [6, 6.07) is 12.9. The standard InChI is InChI=1S/C20H24FNO3S/c1-20(2,3)16-8-10-17(11-9-16)26(24,25)13-12-19(23)22-14-15-6-4-5-7-18(15)21/h4-11H,12-14H2,1-3H3,(H,22,23). The molecule has 0 bridgehead atoms. The highest BCUT2D eigenvalue weighted by atomic mass is 32.2. The summed E-state index contributed by atoms with van der Waals surface area (Å²) < 4.78 is 38.3. The Morgan fingerprint density at radius 1 is 1.04 bits per heavy atom. The Bertz CT molecular complexity index is 869. The van der Waals surface area contributed by atoms with Crippen molar-refractivity contribution in [2.75, 3.05) is 5.75 Å². The first kappa shape index (κ1) is 20.1. The lowest BCUT2D eigenvalue weighted by molar-refractivity contribution is -0.120. The summed E-state index contributed by atoms with van der Waals surface area (Å²) in [6.45, 7) is 6.19. The lowest BCUT2D eigenvalue weighted by atomic mass is 9.87. The van der Waals surface area contributed by atoms with Crippen molar-refractivity contribution in [2.24, 2.45) is 0 Å². The smallest absolute Gasteiger partial charge is 0.221 e. The molecule has 0 heterocycles. The van der Waals surface area contributed by atoms with Gasteiger partial charge in [-0.2, -0.15) is 0 Å². The summed E-state index contributed by atoms with van der Waals surface area (Å²) in [6.07, 6.45) is -0.169. The van der Waals surface area contributed by atoms with E-state index >= 15 is 0 Å². The number of rotatable bonds is 6. The minimum absolute atomic E-state index is 0.0336. The second-order valence-electron chi connectivity index (χ2n) is 7.21. The van der Waals surface area contributed by atoms with E-state index in [1.165, 1.54) is 6.07 Å². The summed E-state index contributed by atoms with van der Waals surface area (Å²) in [5.74, 6) is -1.12. The Morgan fingerprint density at radius 3 is 2.23 bits per heavy atom. The number of halogens is 1. The van der Waals surface area contributed by atoms with Crippen LogP contribution in [0, 0.1) is 5.82 Å². The molecule has 26 heavy (non-hydrogen) atoms. The van der Waals surface area contributed by atoms with Crippen molar-refractivity contribution >= 4 is 15.7 Å². The summed E-state index contributed by atoms with van der Waals surface area (Å²) in [7, 11) is -3.54. The molecule has 0 aliphatic heterocycles. The number of sulfone groups is 1. The van der Waals surface area contributed by atoms with Gasteiger partial charge in [-0.3, -0.25) is 4.79 Å². The first-order chi connectivity index (χ1) is 12.1. The fourth-order valence-electron chi connectivity index (χ4n) is 2.43. The number of benzene rings is 2. The lowest BCUT2D eigenvalue weighted by Crippen LogP contribution is -2.25. The van der Waals surface area contributed by atoms with Gasteiger partial charge in [0.1, 0.15) is 5.82 Å². The molecule has 0 saturated heterocycles. The molecule has 2 aromatic rings. The highest BCUT2D eigenvalue weighted by molar-refractivity contribution is 7.91. The van der Waals surface area contributed by atoms with Crippen molar-refractivity contribution in [3.8, 4) is 0 Å². The molecule has 2 rings (SSSR count). The van der Waals surface area contributed by atoms with Crippen LogP contribution in [0.4, 0.5) is 4.39 Å². The quantitative estimate of drug-likeness (QED) is 0.837. The molecule has 0 aliphatic carbocycles. The Kier molecular flexibility index (Phi) is 6.18. The minimum Gasteiger partial charge on any atom is -0.352 e. The van der Waals surface area contributed by atoms with Gasteiger partial charge in [-0.15, -0.1) is 0 Å². The second-order valence-corrected chi connectivity index (χ2v) is 9.32. The average molecular weight is 377 g/mol. The van der Waals surface area contributed by atoms with Gasteiger partial charge in [0, 0.05) is 18.5 Å². The van der Waals surface area contributed by atoms with Crippen LogP contribution in [0.2, 0.25) is 0 Å². The van der Waals surface area contributed by atoms with E-state index in [2.05, 4.69) is 26.1 Å². The van der Waals surface area contributed by atoms with E-state index in [1.54, 1.807) is 42.5 Å². The summed E-state index contributed by atoms with van der Waals surface area (Å²) in [5.41, 5.74) is 1.34. The van der Waals surface area contributed by atoms with E-state index in [-0.39, 0.29) is 29.0 Å². The third-order valence-corrected chi connectivity index (χ3v) is 5.84. The predicted octanol–water partition coefficient (Wildman–Crippen LogP) is 3.60. The first-order valence-corrected chi connectivity index (χ1v) is 10.1. The summed E-state index contributed by atoms with van der Waals surface area (Å²) >= 11 is 0. The van der Waals surface area contributed by atoms with E-state index in [4.69, 9.17) is 0 Å². The number of amides is 1. The van der Waals surface area contributed by atoms with Gasteiger partial charge in [-0.1, -0.05) is 51.1 Å². The molecule has 0 aliphatic rings. The van der Waals surface area contributed by atoms with E-state index in [9.17, 15) is 17.6 Å². The van der Waals surface area contributed by atoms with Crippen LogP contribution >= 0.6 is 0 Å². The van der Waals surface area contributed by atoms with Crippen LogP contribution < -0.4 is 5.32 Å². The van der Waals surface area contributed by atoms with Crippen LogP contribution in [0.1, 0.15) is 38.3 Å². The van der Waals surface area contributed by atoms with Crippen molar-refractivity contribution in [2.45, 2.75) is 44.0 Å². The van der Waals surface area contributed by atoms with Crippen LogP contribution in [0.3, 0.4) is 0 Å². The third-order valence-electron chi connectivity index (χ3n) is 4.11. The number of hydrogen-bond acceptors (Lipinski definition) is 3. The second kappa shape index (κ2) is 7.99. The van der Waals surface area contributed by atoms with Crippen molar-refractivity contribution < 1.29 is 17.6 Å². The van der Waals surface area contributed by atoms with Gasteiger partial charge in [0.25, 0.3) is 0 Å². The predicted molar refractivity (Wildman–Crippen MR) is 100 cm³/mol. The molecule has 0 spiro atoms. The summed E-state index contributed by atoms with van der Waals surface area (Å²) in [4.78, 5) is 12.1. The number of hydrogen-bond donors (Lipinski definition) is 1. The van der Waals surface area contributed by atoms with Gasteiger partial charge in [0.05, 0.1) is 10.6 Å². The third kappa shape index (κ3) is 5.39. The highest BCUT2D eigenvalue weighted by Gasteiger charge is 2.19. The number of nitrogens with one attached hydrogen (secondary N) is 1. The van der Waals surface area contributed by atoms with E-state index in [0.717, 1.165) is 5.56 Å². The van der Waals surface area contributed by atoms with Gasteiger partial charge in [0.2, 0.25) is 5.91 Å². The van der Waals surface area contributed by atoms with Crippen molar-refractivity contribution in [3.63, 3.8) is 0 Å². The molecule has 0 aromatic heterocycles. The minimum atomic E-state index is -3.54. The molecular formula is C20H24FNO3S. The SMILES string of the molecule is CC(C)(C)c1ccc(S(=O)(=O)CCC(=O)NCc2ccccc2F)cc1. The first-order valence-electron chi connectivity index (χ1n) is 8.43.